The summed E-state index contributed by atoms with van der Waals surface area (Å²) in [6.07, 6.45) is 7.32. The van der Waals surface area contributed by atoms with Gasteiger partial charge in [-0.3, -0.25) is 4.79 Å². The Morgan fingerprint density at radius 1 is 1.39 bits per heavy atom. The molecular formula is C19H28N2O2. The lowest BCUT2D eigenvalue weighted by atomic mass is 9.95. The molecule has 0 N–H and O–H groups in total. The van der Waals surface area contributed by atoms with Gasteiger partial charge < -0.3 is 9.64 Å². The van der Waals surface area contributed by atoms with Crippen LogP contribution in [-0.4, -0.2) is 37.7 Å². The average molecular weight is 316 g/mol. The number of Topliss-reactive ketones (excluding diaryl/α,β-unsaturated/α-hetero) is 1. The van der Waals surface area contributed by atoms with Crippen molar-refractivity contribution < 1.29 is 9.53 Å². The van der Waals surface area contributed by atoms with Crippen molar-refractivity contribution in [1.82, 2.24) is 4.90 Å². The van der Waals surface area contributed by atoms with Crippen LogP contribution in [0.2, 0.25) is 0 Å². The third-order valence-electron chi connectivity index (χ3n) is 4.66. The normalized spacial score (nSPS) is 15.3. The van der Waals surface area contributed by atoms with Crippen molar-refractivity contribution in [3.05, 3.63) is 23.3 Å². The average Bonchev–Trinajstić information content (AvgIpc) is 3.05. The topological polar surface area (TPSA) is 41.9 Å². The van der Waals surface area contributed by atoms with Gasteiger partial charge in [-0.25, -0.2) is 4.99 Å². The molecule has 0 saturated heterocycles. The van der Waals surface area contributed by atoms with E-state index < -0.39 is 0 Å². The summed E-state index contributed by atoms with van der Waals surface area (Å²) >= 11 is 0. The monoisotopic (exact) mass is 316 g/mol. The summed E-state index contributed by atoms with van der Waals surface area (Å²) in [6.45, 7) is 4.96. The van der Waals surface area contributed by atoms with Gasteiger partial charge in [0, 0.05) is 26.1 Å². The van der Waals surface area contributed by atoms with E-state index in [2.05, 4.69) is 11.9 Å². The molecule has 0 atom stereocenters. The van der Waals surface area contributed by atoms with E-state index >= 15 is 0 Å². The van der Waals surface area contributed by atoms with Crippen molar-refractivity contribution >= 4 is 17.8 Å². The number of ketones is 1. The molecule has 0 aliphatic heterocycles. The molecule has 0 bridgehead atoms. The second kappa shape index (κ2) is 8.14. The van der Waals surface area contributed by atoms with Gasteiger partial charge in [-0.2, -0.15) is 0 Å². The largest absolute Gasteiger partial charge is 0.496 e. The van der Waals surface area contributed by atoms with Crippen LogP contribution in [0.1, 0.15) is 54.9 Å². The van der Waals surface area contributed by atoms with Crippen LogP contribution in [0.3, 0.4) is 0 Å². The number of rotatable bonds is 7. The number of hydrogen-bond acceptors (Lipinski definition) is 3. The lowest BCUT2D eigenvalue weighted by Crippen LogP contribution is -2.14. The Morgan fingerprint density at radius 2 is 2.09 bits per heavy atom. The minimum atomic E-state index is 0.193. The molecule has 1 aliphatic rings. The van der Waals surface area contributed by atoms with E-state index in [9.17, 15) is 4.79 Å². The molecule has 126 valence electrons. The van der Waals surface area contributed by atoms with Crippen molar-refractivity contribution in [3.63, 3.8) is 0 Å². The van der Waals surface area contributed by atoms with Crippen molar-refractivity contribution in [2.75, 3.05) is 20.7 Å². The first-order valence-corrected chi connectivity index (χ1v) is 8.51. The minimum absolute atomic E-state index is 0.193. The molecule has 0 aromatic heterocycles. The van der Waals surface area contributed by atoms with Crippen LogP contribution in [0, 0.1) is 12.8 Å². The van der Waals surface area contributed by atoms with Crippen LogP contribution in [-0.2, 0) is 0 Å². The second-order valence-corrected chi connectivity index (χ2v) is 6.43. The minimum Gasteiger partial charge on any atom is -0.496 e. The van der Waals surface area contributed by atoms with E-state index in [1.807, 2.05) is 37.3 Å². The Bertz CT molecular complexity index is 575. The fourth-order valence-corrected chi connectivity index (χ4v) is 3.03. The maximum Gasteiger partial charge on any atom is 0.166 e. The molecule has 1 saturated carbocycles. The third kappa shape index (κ3) is 4.57. The maximum absolute atomic E-state index is 12.6. The van der Waals surface area contributed by atoms with Gasteiger partial charge in [0.15, 0.2) is 5.78 Å². The van der Waals surface area contributed by atoms with Gasteiger partial charge in [0.25, 0.3) is 0 Å². The van der Waals surface area contributed by atoms with Crippen LogP contribution in [0.5, 0.6) is 5.75 Å². The first-order chi connectivity index (χ1) is 11.0. The van der Waals surface area contributed by atoms with Gasteiger partial charge in [-0.05, 0) is 31.4 Å². The van der Waals surface area contributed by atoms with E-state index in [1.54, 1.807) is 7.11 Å². The van der Waals surface area contributed by atoms with Crippen LogP contribution in [0.25, 0.3) is 0 Å². The van der Waals surface area contributed by atoms with E-state index in [0.29, 0.717) is 23.7 Å². The summed E-state index contributed by atoms with van der Waals surface area (Å²) in [7, 11) is 3.60. The zero-order valence-electron chi connectivity index (χ0n) is 14.8. The molecule has 2 rings (SSSR count). The quantitative estimate of drug-likeness (QED) is 0.426. The van der Waals surface area contributed by atoms with E-state index in [1.165, 1.54) is 25.7 Å². The van der Waals surface area contributed by atoms with Crippen LogP contribution in [0.15, 0.2) is 17.1 Å². The maximum atomic E-state index is 12.6. The van der Waals surface area contributed by atoms with Gasteiger partial charge in [0.05, 0.1) is 24.7 Å². The predicted molar refractivity (Wildman–Crippen MR) is 95.1 cm³/mol. The summed E-state index contributed by atoms with van der Waals surface area (Å²) in [6, 6.07) is 3.80. The van der Waals surface area contributed by atoms with Gasteiger partial charge in [-0.15, -0.1) is 0 Å². The zero-order valence-corrected chi connectivity index (χ0v) is 14.8. The Labute approximate surface area is 139 Å². The Morgan fingerprint density at radius 3 is 2.70 bits per heavy atom. The number of carbonyl (C=O) groups excluding carboxylic acids is 1. The molecule has 4 nitrogen and oxygen atoms in total. The molecule has 1 aromatic carbocycles. The predicted octanol–water partition coefficient (Wildman–Crippen LogP) is 4.38. The number of benzene rings is 1. The molecule has 4 heteroatoms. The summed E-state index contributed by atoms with van der Waals surface area (Å²) in [5, 5.41) is 0. The highest BCUT2D eigenvalue weighted by Crippen LogP contribution is 2.33. The lowest BCUT2D eigenvalue weighted by molar-refractivity contribution is 0.0959. The molecule has 0 amide bonds. The standard InChI is InChI=1S/C19H28N2O2/c1-5-21(3)13-20-17-12-19(23-4)16(10-14(17)2)18(22)11-15-8-6-7-9-15/h10,12-13,15H,5-9,11H2,1-4H3. The first kappa shape index (κ1) is 17.5. The Hall–Kier alpha value is -1.84. The number of ether oxygens (including phenoxy) is 1. The van der Waals surface area contributed by atoms with E-state index in [-0.39, 0.29) is 5.78 Å². The fourth-order valence-electron chi connectivity index (χ4n) is 3.03. The van der Waals surface area contributed by atoms with E-state index in [0.717, 1.165) is 17.8 Å². The van der Waals surface area contributed by atoms with Gasteiger partial charge in [0.1, 0.15) is 5.75 Å². The van der Waals surface area contributed by atoms with Crippen molar-refractivity contribution in [3.8, 4) is 5.75 Å². The number of hydrogen-bond donors (Lipinski definition) is 0. The first-order valence-electron chi connectivity index (χ1n) is 8.51. The smallest absolute Gasteiger partial charge is 0.166 e. The van der Waals surface area contributed by atoms with Crippen molar-refractivity contribution in [1.29, 1.82) is 0 Å². The van der Waals surface area contributed by atoms with Crippen LogP contribution < -0.4 is 4.74 Å². The van der Waals surface area contributed by atoms with Crippen LogP contribution in [0.4, 0.5) is 5.69 Å². The molecule has 1 aliphatic carbocycles. The molecule has 0 radical (unpaired) electrons. The molecule has 0 heterocycles. The number of nitrogens with zero attached hydrogens (tertiary/aromatic N) is 2. The summed E-state index contributed by atoms with van der Waals surface area (Å²) < 4.78 is 5.45. The molecular weight excluding hydrogens is 288 g/mol. The van der Waals surface area contributed by atoms with Gasteiger partial charge in [-0.1, -0.05) is 25.7 Å². The number of carbonyl (C=O) groups is 1. The van der Waals surface area contributed by atoms with Crippen LogP contribution >= 0.6 is 0 Å². The van der Waals surface area contributed by atoms with Gasteiger partial charge >= 0.3 is 0 Å². The number of aryl methyl sites for hydroxylation is 1. The fraction of sp³-hybridized carbons (Fsp3) is 0.579. The molecule has 0 unspecified atom stereocenters. The molecule has 1 fully saturated rings. The van der Waals surface area contributed by atoms with Crippen molar-refractivity contribution in [2.45, 2.75) is 46.0 Å². The highest BCUT2D eigenvalue weighted by molar-refractivity contribution is 5.99. The molecule has 0 spiro atoms. The highest BCUT2D eigenvalue weighted by atomic mass is 16.5. The Kier molecular flexibility index (Phi) is 6.20. The number of aliphatic imine (C=N–C) groups is 1. The molecule has 1 aromatic rings. The third-order valence-corrected chi connectivity index (χ3v) is 4.66. The second-order valence-electron chi connectivity index (χ2n) is 6.43. The Balaban J connectivity index is 2.21. The van der Waals surface area contributed by atoms with E-state index in [4.69, 9.17) is 4.74 Å². The summed E-state index contributed by atoms with van der Waals surface area (Å²) in [4.78, 5) is 19.1. The summed E-state index contributed by atoms with van der Waals surface area (Å²) in [5.74, 6) is 1.37. The summed E-state index contributed by atoms with van der Waals surface area (Å²) in [5.41, 5.74) is 2.54. The van der Waals surface area contributed by atoms with Gasteiger partial charge in [0.2, 0.25) is 0 Å². The highest BCUT2D eigenvalue weighted by Gasteiger charge is 2.22. The number of methoxy groups -OCH3 is 1. The lowest BCUT2D eigenvalue weighted by Gasteiger charge is -2.14. The molecule has 23 heavy (non-hydrogen) atoms. The van der Waals surface area contributed by atoms with Crippen molar-refractivity contribution in [2.24, 2.45) is 10.9 Å². The zero-order chi connectivity index (χ0) is 16.8. The SMILES string of the molecule is CCN(C)C=Nc1cc(OC)c(C(=O)CC2CCCC2)cc1C.